The summed E-state index contributed by atoms with van der Waals surface area (Å²) in [6, 6.07) is 8.68. The maximum absolute atomic E-state index is 5.99. The van der Waals surface area contributed by atoms with E-state index in [0.29, 0.717) is 0 Å². The fraction of sp³-hybridized carbons (Fsp3) is 0.700. The van der Waals surface area contributed by atoms with Crippen molar-refractivity contribution in [2.45, 2.75) is 91.1 Å². The summed E-state index contributed by atoms with van der Waals surface area (Å²) >= 11 is 0. The highest BCUT2D eigenvalue weighted by Crippen LogP contribution is 2.21. The van der Waals surface area contributed by atoms with Crippen LogP contribution in [0.25, 0.3) is 0 Å². The summed E-state index contributed by atoms with van der Waals surface area (Å²) in [6.07, 6.45) is 11.9. The van der Waals surface area contributed by atoms with E-state index >= 15 is 0 Å². The van der Waals surface area contributed by atoms with Crippen LogP contribution in [-0.4, -0.2) is 5.60 Å². The number of unbranched alkanes of at least 4 members (excludes halogenated alkanes) is 6. The summed E-state index contributed by atoms with van der Waals surface area (Å²) in [4.78, 5) is 0. The van der Waals surface area contributed by atoms with E-state index in [9.17, 15) is 0 Å². The highest BCUT2D eigenvalue weighted by molar-refractivity contribution is 5.27. The van der Waals surface area contributed by atoms with Gasteiger partial charge >= 0.3 is 0 Å². The van der Waals surface area contributed by atoms with Crippen LogP contribution in [-0.2, 0) is 6.42 Å². The molecule has 0 aliphatic carbocycles. The molecule has 0 radical (unpaired) electrons. The van der Waals surface area contributed by atoms with Crippen LogP contribution in [0.5, 0.6) is 5.75 Å². The number of hydrogen-bond donors (Lipinski definition) is 0. The van der Waals surface area contributed by atoms with Gasteiger partial charge in [0.1, 0.15) is 11.4 Å². The first-order valence-corrected chi connectivity index (χ1v) is 8.85. The first-order valence-electron chi connectivity index (χ1n) is 8.85. The molecule has 0 fully saturated rings. The minimum Gasteiger partial charge on any atom is -0.488 e. The second kappa shape index (κ2) is 9.87. The average molecular weight is 290 g/mol. The monoisotopic (exact) mass is 290 g/mol. The molecule has 1 rings (SSSR count). The van der Waals surface area contributed by atoms with Gasteiger partial charge in [0.25, 0.3) is 0 Å². The number of benzene rings is 1. The first kappa shape index (κ1) is 18.1. The van der Waals surface area contributed by atoms with E-state index in [1.807, 2.05) is 0 Å². The lowest BCUT2D eigenvalue weighted by atomic mass is 10.0. The number of aryl methyl sites for hydroxylation is 1. The molecule has 1 aromatic rings. The van der Waals surface area contributed by atoms with Crippen molar-refractivity contribution in [2.75, 3.05) is 0 Å². The highest BCUT2D eigenvalue weighted by Gasteiger charge is 2.16. The Kier molecular flexibility index (Phi) is 8.49. The van der Waals surface area contributed by atoms with Crippen molar-refractivity contribution in [3.63, 3.8) is 0 Å². The summed E-state index contributed by atoms with van der Waals surface area (Å²) in [7, 11) is 0. The predicted octanol–water partition coefficient (Wildman–Crippen LogP) is 6.55. The smallest absolute Gasteiger partial charge is 0.120 e. The second-order valence-electron chi connectivity index (χ2n) is 6.73. The van der Waals surface area contributed by atoms with Crippen molar-refractivity contribution in [2.24, 2.45) is 0 Å². The van der Waals surface area contributed by atoms with Gasteiger partial charge in [-0.05, 0) is 50.8 Å². The van der Waals surface area contributed by atoms with E-state index in [1.54, 1.807) is 0 Å². The van der Waals surface area contributed by atoms with Crippen molar-refractivity contribution in [3.8, 4) is 5.75 Å². The van der Waals surface area contributed by atoms with Gasteiger partial charge in [0.05, 0.1) is 0 Å². The van der Waals surface area contributed by atoms with Gasteiger partial charge < -0.3 is 4.74 Å². The lowest BCUT2D eigenvalue weighted by Gasteiger charge is -2.24. The molecule has 1 aromatic carbocycles. The second-order valence-corrected chi connectivity index (χ2v) is 6.73. The first-order chi connectivity index (χ1) is 10.1. The third-order valence-electron chi connectivity index (χ3n) is 4.24. The Hall–Kier alpha value is -0.980. The third kappa shape index (κ3) is 8.14. The molecular formula is C20H34O. The summed E-state index contributed by atoms with van der Waals surface area (Å²) < 4.78 is 5.99. The molecular weight excluding hydrogens is 256 g/mol. The van der Waals surface area contributed by atoms with E-state index < -0.39 is 0 Å². The average Bonchev–Trinajstić information content (AvgIpc) is 2.48. The summed E-state index contributed by atoms with van der Waals surface area (Å²) in [5, 5.41) is 0. The zero-order valence-corrected chi connectivity index (χ0v) is 14.6. The van der Waals surface area contributed by atoms with Gasteiger partial charge in [-0.3, -0.25) is 0 Å². The molecule has 1 heteroatoms. The van der Waals surface area contributed by atoms with Crippen molar-refractivity contribution >= 4 is 0 Å². The van der Waals surface area contributed by atoms with Gasteiger partial charge in [0.15, 0.2) is 0 Å². The molecule has 0 saturated heterocycles. The van der Waals surface area contributed by atoms with E-state index in [4.69, 9.17) is 4.74 Å². The Morgan fingerprint density at radius 1 is 0.810 bits per heavy atom. The zero-order chi connectivity index (χ0) is 15.6. The molecule has 0 atom stereocenters. The van der Waals surface area contributed by atoms with Crippen molar-refractivity contribution < 1.29 is 4.74 Å². The maximum Gasteiger partial charge on any atom is 0.120 e. The molecule has 0 aliphatic heterocycles. The quantitative estimate of drug-likeness (QED) is 0.420. The molecule has 0 N–H and O–H groups in total. The minimum atomic E-state index is -0.0694. The zero-order valence-electron chi connectivity index (χ0n) is 14.6. The molecule has 120 valence electrons. The Morgan fingerprint density at radius 3 is 1.95 bits per heavy atom. The molecule has 0 spiro atoms. The molecule has 0 heterocycles. The Morgan fingerprint density at radius 2 is 1.38 bits per heavy atom. The van der Waals surface area contributed by atoms with Gasteiger partial charge in [-0.1, -0.05) is 64.5 Å². The van der Waals surface area contributed by atoms with Gasteiger partial charge in [0, 0.05) is 0 Å². The Bertz CT molecular complexity index is 364. The Balaban J connectivity index is 2.22. The maximum atomic E-state index is 5.99. The molecule has 0 saturated carbocycles. The van der Waals surface area contributed by atoms with E-state index in [1.165, 1.54) is 56.9 Å². The SMILES string of the molecule is CCCCCCCCCc1ccc(OC(C)(C)CC)cc1. The van der Waals surface area contributed by atoms with Crippen LogP contribution in [0.3, 0.4) is 0 Å². The summed E-state index contributed by atoms with van der Waals surface area (Å²) in [5.41, 5.74) is 1.37. The normalized spacial score (nSPS) is 11.6. The van der Waals surface area contributed by atoms with Crippen LogP contribution in [0.2, 0.25) is 0 Å². The fourth-order valence-electron chi connectivity index (χ4n) is 2.40. The lowest BCUT2D eigenvalue weighted by molar-refractivity contribution is 0.105. The van der Waals surface area contributed by atoms with Crippen LogP contribution in [0.1, 0.15) is 84.6 Å². The third-order valence-corrected chi connectivity index (χ3v) is 4.24. The minimum absolute atomic E-state index is 0.0694. The van der Waals surface area contributed by atoms with Crippen LogP contribution in [0, 0.1) is 0 Å². The molecule has 0 unspecified atom stereocenters. The van der Waals surface area contributed by atoms with E-state index in [0.717, 1.165) is 12.2 Å². The molecule has 21 heavy (non-hydrogen) atoms. The molecule has 1 nitrogen and oxygen atoms in total. The molecule has 0 aliphatic rings. The summed E-state index contributed by atoms with van der Waals surface area (Å²) in [5.74, 6) is 0.991. The summed E-state index contributed by atoms with van der Waals surface area (Å²) in [6.45, 7) is 8.71. The van der Waals surface area contributed by atoms with Crippen molar-refractivity contribution in [1.29, 1.82) is 0 Å². The van der Waals surface area contributed by atoms with Crippen LogP contribution in [0.15, 0.2) is 24.3 Å². The van der Waals surface area contributed by atoms with Gasteiger partial charge in [-0.25, -0.2) is 0 Å². The lowest BCUT2D eigenvalue weighted by Crippen LogP contribution is -2.26. The molecule has 0 aromatic heterocycles. The van der Waals surface area contributed by atoms with Crippen LogP contribution < -0.4 is 4.74 Å². The molecule has 0 amide bonds. The van der Waals surface area contributed by atoms with E-state index in [-0.39, 0.29) is 5.60 Å². The van der Waals surface area contributed by atoms with Gasteiger partial charge in [0.2, 0.25) is 0 Å². The predicted molar refractivity (Wildman–Crippen MR) is 93.1 cm³/mol. The van der Waals surface area contributed by atoms with Crippen molar-refractivity contribution in [3.05, 3.63) is 29.8 Å². The van der Waals surface area contributed by atoms with Crippen LogP contribution >= 0.6 is 0 Å². The Labute approximate surface area is 132 Å². The van der Waals surface area contributed by atoms with Crippen LogP contribution in [0.4, 0.5) is 0 Å². The topological polar surface area (TPSA) is 9.23 Å². The standard InChI is InChI=1S/C20H34O/c1-5-7-8-9-10-11-12-13-18-14-16-19(17-15-18)21-20(3,4)6-2/h14-17H,5-13H2,1-4H3. The van der Waals surface area contributed by atoms with Gasteiger partial charge in [-0.15, -0.1) is 0 Å². The number of rotatable bonds is 11. The number of hydrogen-bond acceptors (Lipinski definition) is 1. The number of ether oxygens (including phenoxy) is 1. The van der Waals surface area contributed by atoms with Gasteiger partial charge in [-0.2, -0.15) is 0 Å². The molecule has 0 bridgehead atoms. The highest BCUT2D eigenvalue weighted by atomic mass is 16.5. The fourth-order valence-corrected chi connectivity index (χ4v) is 2.40. The van der Waals surface area contributed by atoms with Crippen molar-refractivity contribution in [1.82, 2.24) is 0 Å². The largest absolute Gasteiger partial charge is 0.488 e. The van der Waals surface area contributed by atoms with E-state index in [2.05, 4.69) is 52.0 Å².